The second kappa shape index (κ2) is 4.77. The number of aromatic nitrogens is 1. The molecule has 1 fully saturated rings. The normalized spacial score (nSPS) is 24.5. The third-order valence-electron chi connectivity index (χ3n) is 3.67. The Morgan fingerprint density at radius 2 is 2.06 bits per heavy atom. The maximum atomic E-state index is 4.40. The molecule has 2 nitrogen and oxygen atoms in total. The Labute approximate surface area is 105 Å². The quantitative estimate of drug-likeness (QED) is 0.865. The first-order chi connectivity index (χ1) is 7.96. The Balaban J connectivity index is 1.92. The molecule has 1 aliphatic carbocycles. The topological polar surface area (TPSA) is 24.9 Å². The molecule has 1 saturated carbocycles. The minimum absolute atomic E-state index is 0.228. The minimum Gasteiger partial charge on any atom is -0.312 e. The van der Waals surface area contributed by atoms with Crippen LogP contribution >= 0.6 is 0 Å². The predicted molar refractivity (Wildman–Crippen MR) is 72.2 cm³/mol. The van der Waals surface area contributed by atoms with Gasteiger partial charge in [0.25, 0.3) is 0 Å². The van der Waals surface area contributed by atoms with Gasteiger partial charge in [-0.15, -0.1) is 0 Å². The summed E-state index contributed by atoms with van der Waals surface area (Å²) in [6, 6.07) is 4.37. The Kier molecular flexibility index (Phi) is 3.53. The zero-order chi connectivity index (χ0) is 12.5. The Morgan fingerprint density at radius 3 is 2.53 bits per heavy atom. The lowest BCUT2D eigenvalue weighted by atomic mass is 9.70. The molecule has 1 aliphatic rings. The lowest BCUT2D eigenvalue weighted by Crippen LogP contribution is -2.42. The Hall–Kier alpha value is -0.890. The number of hydrogen-bond acceptors (Lipinski definition) is 2. The van der Waals surface area contributed by atoms with Gasteiger partial charge in [-0.3, -0.25) is 4.98 Å². The Bertz CT molecular complexity index is 362. The van der Waals surface area contributed by atoms with E-state index in [2.05, 4.69) is 49.4 Å². The fourth-order valence-corrected chi connectivity index (χ4v) is 2.39. The zero-order valence-electron chi connectivity index (χ0n) is 11.5. The van der Waals surface area contributed by atoms with Crippen LogP contribution in [0.4, 0.5) is 0 Å². The number of aryl methyl sites for hydroxylation is 1. The van der Waals surface area contributed by atoms with Crippen molar-refractivity contribution >= 4 is 0 Å². The summed E-state index contributed by atoms with van der Waals surface area (Å²) in [4.78, 5) is 4.40. The number of rotatable bonds is 3. The molecule has 2 rings (SSSR count). The maximum absolute atomic E-state index is 4.40. The van der Waals surface area contributed by atoms with Gasteiger partial charge in [0.2, 0.25) is 0 Å². The number of nitrogens with one attached hydrogen (secondary N) is 1. The first-order valence-electron chi connectivity index (χ1n) is 6.63. The van der Waals surface area contributed by atoms with E-state index < -0.39 is 0 Å². The number of pyridine rings is 1. The van der Waals surface area contributed by atoms with Crippen molar-refractivity contribution in [3.63, 3.8) is 0 Å². The molecule has 1 aromatic rings. The van der Waals surface area contributed by atoms with Crippen LogP contribution in [0.15, 0.2) is 18.3 Å². The van der Waals surface area contributed by atoms with E-state index in [9.17, 15) is 0 Å². The van der Waals surface area contributed by atoms with Crippen LogP contribution in [0.5, 0.6) is 0 Å². The highest BCUT2D eigenvalue weighted by Crippen LogP contribution is 2.41. The third-order valence-corrected chi connectivity index (χ3v) is 3.67. The van der Waals surface area contributed by atoms with Crippen molar-refractivity contribution in [1.82, 2.24) is 10.3 Å². The molecule has 0 saturated heterocycles. The second-order valence-electron chi connectivity index (χ2n) is 6.31. The summed E-state index contributed by atoms with van der Waals surface area (Å²) in [7, 11) is 0. The highest BCUT2D eigenvalue weighted by molar-refractivity contribution is 5.21. The molecule has 0 amide bonds. The molecular formula is C15H24N2. The SMILES string of the molecule is Cc1ccc(C2CCC2CNC(C)(C)C)cn1. The van der Waals surface area contributed by atoms with Crippen LogP contribution in [0, 0.1) is 12.8 Å². The highest BCUT2D eigenvalue weighted by Gasteiger charge is 2.32. The lowest BCUT2D eigenvalue weighted by Gasteiger charge is -2.39. The summed E-state index contributed by atoms with van der Waals surface area (Å²) in [5.41, 5.74) is 2.76. The first-order valence-corrected chi connectivity index (χ1v) is 6.63. The van der Waals surface area contributed by atoms with Gasteiger partial charge in [-0.1, -0.05) is 6.07 Å². The van der Waals surface area contributed by atoms with Crippen molar-refractivity contribution in [1.29, 1.82) is 0 Å². The van der Waals surface area contributed by atoms with Gasteiger partial charge in [0.1, 0.15) is 0 Å². The molecule has 2 unspecified atom stereocenters. The van der Waals surface area contributed by atoms with E-state index in [0.29, 0.717) is 0 Å². The molecule has 0 aliphatic heterocycles. The van der Waals surface area contributed by atoms with Crippen LogP contribution < -0.4 is 5.32 Å². The molecule has 17 heavy (non-hydrogen) atoms. The van der Waals surface area contributed by atoms with Crippen molar-refractivity contribution in [3.8, 4) is 0 Å². The van der Waals surface area contributed by atoms with Gasteiger partial charge in [-0.2, -0.15) is 0 Å². The van der Waals surface area contributed by atoms with E-state index in [1.807, 2.05) is 6.92 Å². The predicted octanol–water partition coefficient (Wildman–Crippen LogP) is 3.27. The van der Waals surface area contributed by atoms with Crippen LogP contribution in [0.1, 0.15) is 50.8 Å². The van der Waals surface area contributed by atoms with Gasteiger partial charge < -0.3 is 5.32 Å². The summed E-state index contributed by atoms with van der Waals surface area (Å²) in [5, 5.41) is 3.61. The Morgan fingerprint density at radius 1 is 1.29 bits per heavy atom. The molecule has 1 aromatic heterocycles. The second-order valence-corrected chi connectivity index (χ2v) is 6.31. The largest absolute Gasteiger partial charge is 0.312 e. The van der Waals surface area contributed by atoms with E-state index in [4.69, 9.17) is 0 Å². The van der Waals surface area contributed by atoms with E-state index in [-0.39, 0.29) is 5.54 Å². The van der Waals surface area contributed by atoms with Gasteiger partial charge in [0, 0.05) is 17.4 Å². The van der Waals surface area contributed by atoms with Crippen molar-refractivity contribution in [2.24, 2.45) is 5.92 Å². The fraction of sp³-hybridized carbons (Fsp3) is 0.667. The van der Waals surface area contributed by atoms with Crippen LogP contribution in [0.2, 0.25) is 0 Å². The summed E-state index contributed by atoms with van der Waals surface area (Å²) in [6.45, 7) is 9.86. The molecule has 94 valence electrons. The minimum atomic E-state index is 0.228. The van der Waals surface area contributed by atoms with Crippen molar-refractivity contribution in [2.75, 3.05) is 6.54 Å². The maximum Gasteiger partial charge on any atom is 0.0372 e. The van der Waals surface area contributed by atoms with Crippen molar-refractivity contribution in [2.45, 2.75) is 52.0 Å². The molecule has 0 bridgehead atoms. The molecule has 0 aromatic carbocycles. The smallest absolute Gasteiger partial charge is 0.0372 e. The van der Waals surface area contributed by atoms with Crippen molar-refractivity contribution < 1.29 is 0 Å². The molecule has 2 atom stereocenters. The summed E-state index contributed by atoms with van der Waals surface area (Å²) in [5.74, 6) is 1.51. The molecular weight excluding hydrogens is 208 g/mol. The van der Waals surface area contributed by atoms with E-state index in [1.54, 1.807) is 0 Å². The van der Waals surface area contributed by atoms with Crippen molar-refractivity contribution in [3.05, 3.63) is 29.6 Å². The molecule has 0 radical (unpaired) electrons. The van der Waals surface area contributed by atoms with Crippen LogP contribution in [0.25, 0.3) is 0 Å². The third kappa shape index (κ3) is 3.29. The van der Waals surface area contributed by atoms with Gasteiger partial charge >= 0.3 is 0 Å². The van der Waals surface area contributed by atoms with E-state index in [1.165, 1.54) is 18.4 Å². The van der Waals surface area contributed by atoms with Crippen LogP contribution in [0.3, 0.4) is 0 Å². The average molecular weight is 232 g/mol. The number of hydrogen-bond donors (Lipinski definition) is 1. The van der Waals surface area contributed by atoms with E-state index in [0.717, 1.165) is 24.1 Å². The highest BCUT2D eigenvalue weighted by atomic mass is 14.9. The van der Waals surface area contributed by atoms with E-state index >= 15 is 0 Å². The molecule has 2 heteroatoms. The van der Waals surface area contributed by atoms with Crippen LogP contribution in [-0.2, 0) is 0 Å². The average Bonchev–Trinajstić information content (AvgIpc) is 2.18. The van der Waals surface area contributed by atoms with Crippen LogP contribution in [-0.4, -0.2) is 17.1 Å². The standard InChI is InChI=1S/C15H24N2/c1-11-5-6-12(9-16-11)14-8-7-13(14)10-17-15(2,3)4/h5-6,9,13-14,17H,7-8,10H2,1-4H3. The molecule has 1 heterocycles. The van der Waals surface area contributed by atoms with Gasteiger partial charge in [-0.05, 0) is 70.5 Å². The number of nitrogens with zero attached hydrogens (tertiary/aromatic N) is 1. The zero-order valence-corrected chi connectivity index (χ0v) is 11.5. The van der Waals surface area contributed by atoms with Gasteiger partial charge in [0.05, 0.1) is 0 Å². The summed E-state index contributed by atoms with van der Waals surface area (Å²) >= 11 is 0. The fourth-order valence-electron chi connectivity index (χ4n) is 2.39. The molecule has 0 spiro atoms. The van der Waals surface area contributed by atoms with Gasteiger partial charge in [0.15, 0.2) is 0 Å². The van der Waals surface area contributed by atoms with Gasteiger partial charge in [-0.25, -0.2) is 0 Å². The lowest BCUT2D eigenvalue weighted by molar-refractivity contribution is 0.225. The molecule has 1 N–H and O–H groups in total. The summed E-state index contributed by atoms with van der Waals surface area (Å²) < 4.78 is 0. The first kappa shape index (κ1) is 12.6. The summed E-state index contributed by atoms with van der Waals surface area (Å²) in [6.07, 6.45) is 4.73. The monoisotopic (exact) mass is 232 g/mol.